The van der Waals surface area contributed by atoms with E-state index >= 15 is 0 Å². The number of nitrogens with one attached hydrogen (secondary N) is 1. The Kier molecular flexibility index (Phi) is 4.55. The molecule has 4 heteroatoms. The van der Waals surface area contributed by atoms with Gasteiger partial charge in [-0.25, -0.2) is 0 Å². The van der Waals surface area contributed by atoms with Gasteiger partial charge in [0.05, 0.1) is 17.7 Å². The van der Waals surface area contributed by atoms with Gasteiger partial charge in [-0.1, -0.05) is 25.1 Å². The maximum absolute atomic E-state index is 13.0. The lowest BCUT2D eigenvalue weighted by molar-refractivity contribution is 0.0194. The molecule has 1 amide bonds. The smallest absolute Gasteiger partial charge is 0.253 e. The summed E-state index contributed by atoms with van der Waals surface area (Å²) in [7, 11) is 0. The van der Waals surface area contributed by atoms with Crippen LogP contribution in [-0.2, 0) is 6.54 Å². The molecule has 5 rings (SSSR count). The molecule has 3 aliphatic rings. The normalized spacial score (nSPS) is 27.8. The van der Waals surface area contributed by atoms with Crippen LogP contribution in [0.4, 0.5) is 0 Å². The minimum absolute atomic E-state index is 0.0204. The summed E-state index contributed by atoms with van der Waals surface area (Å²) in [6.45, 7) is 5.81. The minimum Gasteiger partial charge on any atom is -0.395 e. The largest absolute Gasteiger partial charge is 0.395 e. The molecule has 0 unspecified atom stereocenters. The summed E-state index contributed by atoms with van der Waals surface area (Å²) in [6.07, 6.45) is 8.32. The Hall–Kier alpha value is -1.81. The summed E-state index contributed by atoms with van der Waals surface area (Å²) in [5.74, 6) is 1.72. The standard InChI is InChI=1S/C22H30N2O2/c1-15-4-3-5-18-19(13-24(10-11-25)20(15)18)21(26)23-14-22-8-6-17(7-9-22)16(2)12-22/h3-5,13,16-17,25H,6-12,14H2,1-2H3,(H,23,26)/t16-,17?,22?/m1/s1. The lowest BCUT2D eigenvalue weighted by Gasteiger charge is -2.50. The van der Waals surface area contributed by atoms with Gasteiger partial charge >= 0.3 is 0 Å². The first-order valence-corrected chi connectivity index (χ1v) is 10.0. The summed E-state index contributed by atoms with van der Waals surface area (Å²) in [6, 6.07) is 6.07. The second-order valence-corrected chi connectivity index (χ2v) is 8.63. The number of rotatable bonds is 5. The maximum atomic E-state index is 13.0. The van der Waals surface area contributed by atoms with Crippen molar-refractivity contribution >= 4 is 16.8 Å². The second kappa shape index (κ2) is 6.73. The van der Waals surface area contributed by atoms with Crippen molar-refractivity contribution in [2.24, 2.45) is 17.3 Å². The van der Waals surface area contributed by atoms with E-state index in [1.165, 1.54) is 32.1 Å². The second-order valence-electron chi connectivity index (χ2n) is 8.63. The van der Waals surface area contributed by atoms with Crippen LogP contribution in [0.5, 0.6) is 0 Å². The number of hydrogen-bond donors (Lipinski definition) is 2. The van der Waals surface area contributed by atoms with E-state index in [2.05, 4.69) is 25.2 Å². The number of aliphatic hydroxyl groups is 1. The number of aromatic nitrogens is 1. The molecule has 0 spiro atoms. The summed E-state index contributed by atoms with van der Waals surface area (Å²) in [4.78, 5) is 13.0. The van der Waals surface area contributed by atoms with Gasteiger partial charge in [0, 0.05) is 24.7 Å². The van der Waals surface area contributed by atoms with Gasteiger partial charge in [0.2, 0.25) is 0 Å². The summed E-state index contributed by atoms with van der Waals surface area (Å²) < 4.78 is 2.01. The molecule has 3 aliphatic carbocycles. The van der Waals surface area contributed by atoms with Gasteiger partial charge in [-0.2, -0.15) is 0 Å². The Balaban J connectivity index is 1.56. The third-order valence-electron chi connectivity index (χ3n) is 6.96. The molecule has 1 aromatic carbocycles. The molecule has 0 saturated heterocycles. The molecule has 0 radical (unpaired) electrons. The monoisotopic (exact) mass is 354 g/mol. The van der Waals surface area contributed by atoms with Crippen LogP contribution >= 0.6 is 0 Å². The zero-order chi connectivity index (χ0) is 18.3. The summed E-state index contributed by atoms with van der Waals surface area (Å²) in [5.41, 5.74) is 3.22. The lowest BCUT2D eigenvalue weighted by atomic mass is 9.57. The fraction of sp³-hybridized carbons (Fsp3) is 0.591. The Bertz CT molecular complexity index is 815. The van der Waals surface area contributed by atoms with Crippen molar-refractivity contribution in [1.82, 2.24) is 9.88 Å². The van der Waals surface area contributed by atoms with Gasteiger partial charge in [0.15, 0.2) is 0 Å². The van der Waals surface area contributed by atoms with Gasteiger partial charge < -0.3 is 15.0 Å². The van der Waals surface area contributed by atoms with Gasteiger partial charge in [0.1, 0.15) is 0 Å². The predicted molar refractivity (Wildman–Crippen MR) is 104 cm³/mol. The van der Waals surface area contributed by atoms with Gasteiger partial charge in [-0.3, -0.25) is 4.79 Å². The molecule has 3 saturated carbocycles. The molecule has 1 atom stereocenters. The number of carbonyl (C=O) groups excluding carboxylic acids is 1. The number of aliphatic hydroxyl groups excluding tert-OH is 1. The fourth-order valence-electron chi connectivity index (χ4n) is 5.50. The van der Waals surface area contributed by atoms with Crippen LogP contribution in [0.25, 0.3) is 10.9 Å². The average molecular weight is 354 g/mol. The minimum atomic E-state index is 0.0204. The Morgan fingerprint density at radius 2 is 2.12 bits per heavy atom. The zero-order valence-electron chi connectivity index (χ0n) is 15.9. The number of benzene rings is 1. The van der Waals surface area contributed by atoms with Crippen LogP contribution in [0.1, 0.15) is 54.9 Å². The van der Waals surface area contributed by atoms with Crippen LogP contribution in [0.3, 0.4) is 0 Å². The molecule has 140 valence electrons. The van der Waals surface area contributed by atoms with Crippen molar-refractivity contribution in [3.05, 3.63) is 35.5 Å². The maximum Gasteiger partial charge on any atom is 0.253 e. The predicted octanol–water partition coefficient (Wildman–Crippen LogP) is 3.89. The zero-order valence-corrected chi connectivity index (χ0v) is 15.9. The van der Waals surface area contributed by atoms with Crippen LogP contribution in [0.15, 0.2) is 24.4 Å². The number of nitrogens with zero attached hydrogens (tertiary/aromatic N) is 1. The first-order chi connectivity index (χ1) is 12.5. The molecular weight excluding hydrogens is 324 g/mol. The van der Waals surface area contributed by atoms with E-state index in [9.17, 15) is 9.90 Å². The Labute approximate surface area is 155 Å². The Morgan fingerprint density at radius 1 is 1.35 bits per heavy atom. The van der Waals surface area contributed by atoms with Gasteiger partial charge in [-0.05, 0) is 61.8 Å². The van der Waals surface area contributed by atoms with E-state index in [1.807, 2.05) is 22.9 Å². The third kappa shape index (κ3) is 2.94. The van der Waals surface area contributed by atoms with Crippen molar-refractivity contribution in [1.29, 1.82) is 0 Å². The third-order valence-corrected chi connectivity index (χ3v) is 6.96. The average Bonchev–Trinajstić information content (AvgIpc) is 3.01. The SMILES string of the molecule is Cc1cccc2c(C(=O)NCC34CCC(CC3)[C@H](C)C4)cn(CCO)c12. The number of amides is 1. The van der Waals surface area contributed by atoms with Crippen molar-refractivity contribution in [2.45, 2.75) is 52.5 Å². The van der Waals surface area contributed by atoms with E-state index in [-0.39, 0.29) is 12.5 Å². The highest BCUT2D eigenvalue weighted by Crippen LogP contribution is 2.52. The molecule has 1 aromatic heterocycles. The first kappa shape index (κ1) is 17.6. The molecule has 3 fully saturated rings. The fourth-order valence-corrected chi connectivity index (χ4v) is 5.50. The van der Waals surface area contributed by atoms with Gasteiger partial charge in [-0.15, -0.1) is 0 Å². The number of aryl methyl sites for hydroxylation is 1. The molecule has 0 aliphatic heterocycles. The van der Waals surface area contributed by atoms with Crippen molar-refractivity contribution < 1.29 is 9.90 Å². The van der Waals surface area contributed by atoms with Crippen molar-refractivity contribution in [2.75, 3.05) is 13.2 Å². The van der Waals surface area contributed by atoms with Crippen LogP contribution in [0, 0.1) is 24.2 Å². The van der Waals surface area contributed by atoms with E-state index in [0.717, 1.165) is 40.4 Å². The highest BCUT2D eigenvalue weighted by molar-refractivity contribution is 6.07. The van der Waals surface area contributed by atoms with E-state index in [1.54, 1.807) is 0 Å². The molecule has 2 bridgehead atoms. The number of para-hydroxylation sites is 1. The van der Waals surface area contributed by atoms with E-state index in [0.29, 0.717) is 12.0 Å². The van der Waals surface area contributed by atoms with Crippen molar-refractivity contribution in [3.63, 3.8) is 0 Å². The molecule has 1 heterocycles. The van der Waals surface area contributed by atoms with Crippen LogP contribution < -0.4 is 5.32 Å². The highest BCUT2D eigenvalue weighted by Gasteiger charge is 2.44. The molecule has 4 nitrogen and oxygen atoms in total. The van der Waals surface area contributed by atoms with Crippen LogP contribution in [0.2, 0.25) is 0 Å². The molecule has 26 heavy (non-hydrogen) atoms. The highest BCUT2D eigenvalue weighted by atomic mass is 16.3. The van der Waals surface area contributed by atoms with E-state index in [4.69, 9.17) is 0 Å². The number of hydrogen-bond acceptors (Lipinski definition) is 2. The molecule has 2 N–H and O–H groups in total. The summed E-state index contributed by atoms with van der Waals surface area (Å²) in [5, 5.41) is 13.6. The van der Waals surface area contributed by atoms with Crippen LogP contribution in [-0.4, -0.2) is 28.7 Å². The topological polar surface area (TPSA) is 54.3 Å². The number of carbonyl (C=O) groups is 1. The van der Waals surface area contributed by atoms with E-state index < -0.39 is 0 Å². The summed E-state index contributed by atoms with van der Waals surface area (Å²) >= 11 is 0. The quantitative estimate of drug-likeness (QED) is 0.856. The molecular formula is C22H30N2O2. The lowest BCUT2D eigenvalue weighted by Crippen LogP contribution is -2.46. The van der Waals surface area contributed by atoms with Crippen molar-refractivity contribution in [3.8, 4) is 0 Å². The number of fused-ring (bicyclic) bond motifs is 4. The van der Waals surface area contributed by atoms with Gasteiger partial charge in [0.25, 0.3) is 5.91 Å². The first-order valence-electron chi connectivity index (χ1n) is 10.0. The Morgan fingerprint density at radius 3 is 2.81 bits per heavy atom. The molecule has 2 aromatic rings.